The summed E-state index contributed by atoms with van der Waals surface area (Å²) in [6, 6.07) is 0. The van der Waals surface area contributed by atoms with E-state index in [2.05, 4.69) is 19.9 Å². The number of hydrogen-bond donors (Lipinski definition) is 0. The second-order valence-corrected chi connectivity index (χ2v) is 6.08. The van der Waals surface area contributed by atoms with Gasteiger partial charge in [-0.1, -0.05) is 31.9 Å². The smallest absolute Gasteiger partial charge is 0.159 e. The number of unbranched alkanes of at least 4 members (excludes halogenated alkanes) is 1. The average molecular weight is 260 g/mol. The Labute approximate surface area is 116 Å². The van der Waals surface area contributed by atoms with Crippen molar-refractivity contribution in [2.45, 2.75) is 59.3 Å². The maximum absolute atomic E-state index is 12.1. The molecule has 0 amide bonds. The fourth-order valence-corrected chi connectivity index (χ4v) is 3.23. The minimum absolute atomic E-state index is 0.157. The highest BCUT2D eigenvalue weighted by Crippen LogP contribution is 2.38. The summed E-state index contributed by atoms with van der Waals surface area (Å²) in [5.41, 5.74) is 3.40. The Kier molecular flexibility index (Phi) is 4.38. The standard InChI is InChI=1S/C17H24O2/c1-4-5-6-13-9-16-12(3)17(19)10-14(16)8-15(18)7-11(13)2/h9,11,14H,4-8,10H2,1-3H3/b13-9-/t11-,14-/m0/s1. The van der Waals surface area contributed by atoms with Crippen molar-refractivity contribution in [3.8, 4) is 0 Å². The molecule has 2 aliphatic rings. The molecule has 19 heavy (non-hydrogen) atoms. The van der Waals surface area contributed by atoms with Crippen molar-refractivity contribution in [1.82, 2.24) is 0 Å². The first-order valence-electron chi connectivity index (χ1n) is 7.49. The van der Waals surface area contributed by atoms with Crippen molar-refractivity contribution < 1.29 is 9.59 Å². The summed E-state index contributed by atoms with van der Waals surface area (Å²) in [6.45, 7) is 6.25. The van der Waals surface area contributed by atoms with E-state index >= 15 is 0 Å². The summed E-state index contributed by atoms with van der Waals surface area (Å²) < 4.78 is 0. The molecule has 2 rings (SSSR count). The summed E-state index contributed by atoms with van der Waals surface area (Å²) in [7, 11) is 0. The number of fused-ring (bicyclic) bond motifs is 1. The molecule has 0 aromatic rings. The normalized spacial score (nSPS) is 30.8. The van der Waals surface area contributed by atoms with Gasteiger partial charge in [0.25, 0.3) is 0 Å². The van der Waals surface area contributed by atoms with E-state index in [1.54, 1.807) is 0 Å². The molecule has 0 aliphatic heterocycles. The molecule has 0 aromatic carbocycles. The van der Waals surface area contributed by atoms with E-state index < -0.39 is 0 Å². The van der Waals surface area contributed by atoms with Crippen LogP contribution < -0.4 is 0 Å². The van der Waals surface area contributed by atoms with Gasteiger partial charge in [-0.3, -0.25) is 9.59 Å². The second kappa shape index (κ2) is 5.85. The third-order valence-corrected chi connectivity index (χ3v) is 4.52. The quantitative estimate of drug-likeness (QED) is 0.768. The SMILES string of the molecule is CCCC/C1=C/C2=C(C)C(=O)C[C@@H]2CC(=O)C[C@@H]1C. The van der Waals surface area contributed by atoms with Gasteiger partial charge in [-0.25, -0.2) is 0 Å². The molecule has 2 aliphatic carbocycles. The summed E-state index contributed by atoms with van der Waals surface area (Å²) in [5.74, 6) is 1.04. The Morgan fingerprint density at radius 2 is 1.95 bits per heavy atom. The maximum atomic E-state index is 12.1. The Morgan fingerprint density at radius 1 is 1.21 bits per heavy atom. The molecule has 0 saturated heterocycles. The van der Waals surface area contributed by atoms with Crippen molar-refractivity contribution in [1.29, 1.82) is 0 Å². The third kappa shape index (κ3) is 3.05. The van der Waals surface area contributed by atoms with Crippen molar-refractivity contribution in [3.05, 3.63) is 22.8 Å². The summed E-state index contributed by atoms with van der Waals surface area (Å²) in [6.07, 6.45) is 7.37. The number of carbonyl (C=O) groups excluding carboxylic acids is 2. The lowest BCUT2D eigenvalue weighted by molar-refractivity contribution is -0.120. The monoisotopic (exact) mass is 260 g/mol. The minimum Gasteiger partial charge on any atom is -0.300 e. The number of allylic oxidation sites excluding steroid dienone is 4. The molecule has 0 spiro atoms. The van der Waals surface area contributed by atoms with Gasteiger partial charge in [-0.2, -0.15) is 0 Å². The minimum atomic E-state index is 0.157. The van der Waals surface area contributed by atoms with E-state index in [0.717, 1.165) is 24.0 Å². The van der Waals surface area contributed by atoms with Crippen LogP contribution in [0.5, 0.6) is 0 Å². The van der Waals surface area contributed by atoms with Crippen molar-refractivity contribution >= 4 is 11.6 Å². The van der Waals surface area contributed by atoms with E-state index in [4.69, 9.17) is 0 Å². The Balaban J connectivity index is 2.36. The van der Waals surface area contributed by atoms with E-state index in [9.17, 15) is 9.59 Å². The fraction of sp³-hybridized carbons (Fsp3) is 0.647. The van der Waals surface area contributed by atoms with E-state index in [1.807, 2.05) is 6.92 Å². The van der Waals surface area contributed by atoms with Gasteiger partial charge < -0.3 is 0 Å². The summed E-state index contributed by atoms with van der Waals surface area (Å²) >= 11 is 0. The lowest BCUT2D eigenvalue weighted by atomic mass is 9.82. The molecule has 0 saturated carbocycles. The molecule has 2 atom stereocenters. The van der Waals surface area contributed by atoms with Gasteiger partial charge in [0, 0.05) is 19.3 Å². The van der Waals surface area contributed by atoms with E-state index in [0.29, 0.717) is 31.0 Å². The van der Waals surface area contributed by atoms with E-state index in [-0.39, 0.29) is 11.7 Å². The molecule has 0 bridgehead atoms. The van der Waals surface area contributed by atoms with Gasteiger partial charge in [0.1, 0.15) is 5.78 Å². The molecule has 0 unspecified atom stereocenters. The molecular weight excluding hydrogens is 236 g/mol. The molecule has 0 radical (unpaired) electrons. The van der Waals surface area contributed by atoms with E-state index in [1.165, 1.54) is 12.0 Å². The Bertz CT molecular complexity index is 454. The van der Waals surface area contributed by atoms with Gasteiger partial charge >= 0.3 is 0 Å². The zero-order valence-electron chi connectivity index (χ0n) is 12.3. The Hall–Kier alpha value is -1.18. The van der Waals surface area contributed by atoms with Crippen LogP contribution in [0.1, 0.15) is 59.3 Å². The lowest BCUT2D eigenvalue weighted by Crippen LogP contribution is -2.16. The molecule has 0 fully saturated rings. The topological polar surface area (TPSA) is 34.1 Å². The molecule has 2 heteroatoms. The van der Waals surface area contributed by atoms with Crippen molar-refractivity contribution in [2.75, 3.05) is 0 Å². The van der Waals surface area contributed by atoms with Crippen LogP contribution in [-0.2, 0) is 9.59 Å². The first-order valence-corrected chi connectivity index (χ1v) is 7.49. The predicted octanol–water partition coefficient (Wildman–Crippen LogP) is 4.01. The summed E-state index contributed by atoms with van der Waals surface area (Å²) in [5, 5.41) is 0. The molecule has 0 N–H and O–H groups in total. The van der Waals surface area contributed by atoms with Gasteiger partial charge in [-0.15, -0.1) is 0 Å². The first-order chi connectivity index (χ1) is 9.02. The zero-order valence-corrected chi connectivity index (χ0v) is 12.3. The van der Waals surface area contributed by atoms with Crippen LogP contribution in [0.4, 0.5) is 0 Å². The predicted molar refractivity (Wildman–Crippen MR) is 76.8 cm³/mol. The number of carbonyl (C=O) groups is 2. The van der Waals surface area contributed by atoms with Crippen LogP contribution in [0.15, 0.2) is 22.8 Å². The molecule has 0 heterocycles. The van der Waals surface area contributed by atoms with Gasteiger partial charge in [0.05, 0.1) is 0 Å². The zero-order chi connectivity index (χ0) is 14.0. The van der Waals surface area contributed by atoms with Crippen LogP contribution in [0, 0.1) is 11.8 Å². The number of hydrogen-bond acceptors (Lipinski definition) is 2. The highest BCUT2D eigenvalue weighted by atomic mass is 16.1. The van der Waals surface area contributed by atoms with Crippen molar-refractivity contribution in [3.63, 3.8) is 0 Å². The third-order valence-electron chi connectivity index (χ3n) is 4.52. The maximum Gasteiger partial charge on any atom is 0.159 e. The largest absolute Gasteiger partial charge is 0.300 e. The van der Waals surface area contributed by atoms with Crippen LogP contribution >= 0.6 is 0 Å². The molecule has 104 valence electrons. The fourth-order valence-electron chi connectivity index (χ4n) is 3.23. The first kappa shape index (κ1) is 14.2. The Morgan fingerprint density at radius 3 is 2.63 bits per heavy atom. The van der Waals surface area contributed by atoms with Gasteiger partial charge in [0.15, 0.2) is 5.78 Å². The van der Waals surface area contributed by atoms with Crippen LogP contribution in [0.2, 0.25) is 0 Å². The van der Waals surface area contributed by atoms with Crippen LogP contribution in [-0.4, -0.2) is 11.6 Å². The van der Waals surface area contributed by atoms with Crippen LogP contribution in [0.3, 0.4) is 0 Å². The summed E-state index contributed by atoms with van der Waals surface area (Å²) in [4.78, 5) is 23.9. The molecule has 2 nitrogen and oxygen atoms in total. The lowest BCUT2D eigenvalue weighted by Gasteiger charge is -2.22. The number of Topliss-reactive ketones (excluding diaryl/α,β-unsaturated/α-hetero) is 2. The van der Waals surface area contributed by atoms with Crippen LogP contribution in [0.25, 0.3) is 0 Å². The number of ketones is 2. The molecule has 0 aromatic heterocycles. The molecular formula is C17H24O2. The van der Waals surface area contributed by atoms with Crippen molar-refractivity contribution in [2.24, 2.45) is 11.8 Å². The highest BCUT2D eigenvalue weighted by Gasteiger charge is 2.32. The average Bonchev–Trinajstić information content (AvgIpc) is 2.59. The van der Waals surface area contributed by atoms with Gasteiger partial charge in [0.2, 0.25) is 0 Å². The number of rotatable bonds is 3. The van der Waals surface area contributed by atoms with Gasteiger partial charge in [-0.05, 0) is 42.7 Å². The second-order valence-electron chi connectivity index (χ2n) is 6.08. The highest BCUT2D eigenvalue weighted by molar-refractivity contribution is 6.00.